The summed E-state index contributed by atoms with van der Waals surface area (Å²) >= 11 is 1.85. The van der Waals surface area contributed by atoms with E-state index >= 15 is 0 Å². The first kappa shape index (κ1) is 17.7. The van der Waals surface area contributed by atoms with Crippen LogP contribution in [0.25, 0.3) is 0 Å². The van der Waals surface area contributed by atoms with Crippen molar-refractivity contribution >= 4 is 17.4 Å². The molecule has 1 saturated heterocycles. The van der Waals surface area contributed by atoms with Crippen LogP contribution in [-0.4, -0.2) is 54.1 Å². The quantitative estimate of drug-likeness (QED) is 0.816. The van der Waals surface area contributed by atoms with Crippen molar-refractivity contribution in [2.75, 3.05) is 26.2 Å². The van der Waals surface area contributed by atoms with E-state index in [0.717, 1.165) is 51.4 Å². The van der Waals surface area contributed by atoms with Crippen molar-refractivity contribution in [2.24, 2.45) is 5.92 Å². The standard InChI is InChI=1S/C19H31N3OS/c1-15(2)20-19(23)22(14-16-5-6-16)17-7-10-21(11-8-17)12-9-18-4-3-13-24-18/h3-4,13,15-17H,5-12,14H2,1-2H3,(H,20,23). The molecule has 0 unspecified atom stereocenters. The fourth-order valence-electron chi connectivity index (χ4n) is 3.48. The smallest absolute Gasteiger partial charge is 0.317 e. The third-order valence-corrected chi connectivity index (χ3v) is 6.01. The number of hydrogen-bond acceptors (Lipinski definition) is 3. The fourth-order valence-corrected chi connectivity index (χ4v) is 4.18. The number of carbonyl (C=O) groups is 1. The molecule has 2 heterocycles. The largest absolute Gasteiger partial charge is 0.336 e. The lowest BCUT2D eigenvalue weighted by molar-refractivity contribution is 0.117. The molecule has 0 aromatic carbocycles. The molecule has 0 atom stereocenters. The lowest BCUT2D eigenvalue weighted by Crippen LogP contribution is -2.52. The maximum atomic E-state index is 12.6. The number of piperidine rings is 1. The molecule has 2 amide bonds. The van der Waals surface area contributed by atoms with Gasteiger partial charge in [0.05, 0.1) is 0 Å². The minimum absolute atomic E-state index is 0.147. The van der Waals surface area contributed by atoms with Gasteiger partial charge in [-0.2, -0.15) is 0 Å². The molecule has 134 valence electrons. The highest BCUT2D eigenvalue weighted by Gasteiger charge is 2.33. The molecule has 4 nitrogen and oxygen atoms in total. The molecule has 0 radical (unpaired) electrons. The van der Waals surface area contributed by atoms with E-state index in [-0.39, 0.29) is 12.1 Å². The van der Waals surface area contributed by atoms with E-state index in [0.29, 0.717) is 6.04 Å². The van der Waals surface area contributed by atoms with Crippen LogP contribution in [0.2, 0.25) is 0 Å². The molecule has 0 spiro atoms. The molecule has 1 aliphatic heterocycles. The number of urea groups is 1. The molecule has 1 aromatic rings. The van der Waals surface area contributed by atoms with Crippen LogP contribution in [0, 0.1) is 5.92 Å². The van der Waals surface area contributed by atoms with Crippen molar-refractivity contribution in [1.82, 2.24) is 15.1 Å². The van der Waals surface area contributed by atoms with Gasteiger partial charge in [0.1, 0.15) is 0 Å². The van der Waals surface area contributed by atoms with Crippen molar-refractivity contribution < 1.29 is 4.79 Å². The summed E-state index contributed by atoms with van der Waals surface area (Å²) in [5, 5.41) is 5.26. The highest BCUT2D eigenvalue weighted by atomic mass is 32.1. The predicted octanol–water partition coefficient (Wildman–Crippen LogP) is 3.59. The van der Waals surface area contributed by atoms with E-state index in [9.17, 15) is 4.79 Å². The zero-order valence-electron chi connectivity index (χ0n) is 15.0. The van der Waals surface area contributed by atoms with Gasteiger partial charge in [-0.25, -0.2) is 4.79 Å². The number of hydrogen-bond donors (Lipinski definition) is 1. The van der Waals surface area contributed by atoms with E-state index in [4.69, 9.17) is 0 Å². The Labute approximate surface area is 150 Å². The first-order valence-electron chi connectivity index (χ1n) is 9.43. The fraction of sp³-hybridized carbons (Fsp3) is 0.737. The maximum absolute atomic E-state index is 12.6. The topological polar surface area (TPSA) is 35.6 Å². The Morgan fingerprint density at radius 1 is 1.33 bits per heavy atom. The Kier molecular flexibility index (Phi) is 6.17. The summed E-state index contributed by atoms with van der Waals surface area (Å²) in [7, 11) is 0. The average Bonchev–Trinajstić information content (AvgIpc) is 3.23. The number of nitrogens with one attached hydrogen (secondary N) is 1. The highest BCUT2D eigenvalue weighted by molar-refractivity contribution is 7.09. The number of rotatable bonds is 7. The normalized spacial score (nSPS) is 19.6. The number of carbonyl (C=O) groups excluding carboxylic acids is 1. The van der Waals surface area contributed by atoms with E-state index < -0.39 is 0 Å². The lowest BCUT2D eigenvalue weighted by Gasteiger charge is -2.39. The summed E-state index contributed by atoms with van der Waals surface area (Å²) in [5.74, 6) is 0.750. The molecule has 1 aromatic heterocycles. The van der Waals surface area contributed by atoms with Crippen LogP contribution in [-0.2, 0) is 6.42 Å². The van der Waals surface area contributed by atoms with Gasteiger partial charge in [-0.3, -0.25) is 0 Å². The second-order valence-corrected chi connectivity index (χ2v) is 8.63. The molecule has 1 N–H and O–H groups in total. The second-order valence-electron chi connectivity index (χ2n) is 7.60. The number of likely N-dealkylation sites (tertiary alicyclic amines) is 1. The zero-order valence-corrected chi connectivity index (χ0v) is 15.9. The van der Waals surface area contributed by atoms with Crippen molar-refractivity contribution in [2.45, 2.75) is 58.0 Å². The minimum Gasteiger partial charge on any atom is -0.336 e. The lowest BCUT2D eigenvalue weighted by atomic mass is 10.0. The summed E-state index contributed by atoms with van der Waals surface area (Å²) in [6.45, 7) is 8.42. The molecule has 3 rings (SSSR count). The van der Waals surface area contributed by atoms with Gasteiger partial charge in [0, 0.05) is 43.1 Å². The zero-order chi connectivity index (χ0) is 16.9. The highest BCUT2D eigenvalue weighted by Crippen LogP contribution is 2.31. The van der Waals surface area contributed by atoms with E-state index in [2.05, 4.69) is 32.6 Å². The molecule has 0 bridgehead atoms. The first-order chi connectivity index (χ1) is 11.6. The molecule has 5 heteroatoms. The van der Waals surface area contributed by atoms with Crippen LogP contribution in [0.15, 0.2) is 17.5 Å². The van der Waals surface area contributed by atoms with Crippen LogP contribution in [0.3, 0.4) is 0 Å². The van der Waals surface area contributed by atoms with Crippen LogP contribution in [0.1, 0.15) is 44.4 Å². The predicted molar refractivity (Wildman–Crippen MR) is 101 cm³/mol. The van der Waals surface area contributed by atoms with E-state index in [1.807, 2.05) is 25.2 Å². The summed E-state index contributed by atoms with van der Waals surface area (Å²) in [5.41, 5.74) is 0. The average molecular weight is 350 g/mol. The SMILES string of the molecule is CC(C)NC(=O)N(CC1CC1)C1CCN(CCc2cccs2)CC1. The van der Waals surface area contributed by atoms with Crippen molar-refractivity contribution in [1.29, 1.82) is 0 Å². The minimum atomic E-state index is 0.147. The van der Waals surface area contributed by atoms with Crippen molar-refractivity contribution in [3.8, 4) is 0 Å². The van der Waals surface area contributed by atoms with Crippen molar-refractivity contribution in [3.05, 3.63) is 22.4 Å². The van der Waals surface area contributed by atoms with E-state index in [1.54, 1.807) is 0 Å². The Morgan fingerprint density at radius 3 is 2.67 bits per heavy atom. The van der Waals surface area contributed by atoms with Crippen LogP contribution in [0.4, 0.5) is 4.79 Å². The number of nitrogens with zero attached hydrogens (tertiary/aromatic N) is 2. The molecule has 2 aliphatic rings. The molecule has 1 saturated carbocycles. The molecular formula is C19H31N3OS. The van der Waals surface area contributed by atoms with Crippen LogP contribution >= 0.6 is 11.3 Å². The first-order valence-corrected chi connectivity index (χ1v) is 10.3. The van der Waals surface area contributed by atoms with Gasteiger partial charge < -0.3 is 15.1 Å². The van der Waals surface area contributed by atoms with Crippen molar-refractivity contribution in [3.63, 3.8) is 0 Å². The molecule has 2 fully saturated rings. The monoisotopic (exact) mass is 349 g/mol. The molecular weight excluding hydrogens is 318 g/mol. The third-order valence-electron chi connectivity index (χ3n) is 5.08. The Hall–Kier alpha value is -1.07. The van der Waals surface area contributed by atoms with Gasteiger partial charge in [-0.15, -0.1) is 11.3 Å². The van der Waals surface area contributed by atoms with Gasteiger partial charge in [-0.05, 0) is 63.3 Å². The van der Waals surface area contributed by atoms with Crippen LogP contribution in [0.5, 0.6) is 0 Å². The Bertz CT molecular complexity index is 505. The second kappa shape index (κ2) is 8.34. The maximum Gasteiger partial charge on any atom is 0.317 e. The summed E-state index contributed by atoms with van der Waals surface area (Å²) < 4.78 is 0. The van der Waals surface area contributed by atoms with E-state index in [1.165, 1.54) is 17.7 Å². The number of amides is 2. The Balaban J connectivity index is 1.47. The summed E-state index contributed by atoms with van der Waals surface area (Å²) in [4.78, 5) is 18.8. The summed E-state index contributed by atoms with van der Waals surface area (Å²) in [6, 6.07) is 5.14. The number of thiophene rings is 1. The summed E-state index contributed by atoms with van der Waals surface area (Å²) in [6.07, 6.45) is 5.98. The van der Waals surface area contributed by atoms with Gasteiger partial charge in [0.2, 0.25) is 0 Å². The Morgan fingerprint density at radius 2 is 2.08 bits per heavy atom. The van der Waals surface area contributed by atoms with Gasteiger partial charge in [-0.1, -0.05) is 6.07 Å². The van der Waals surface area contributed by atoms with Crippen LogP contribution < -0.4 is 5.32 Å². The van der Waals surface area contributed by atoms with Gasteiger partial charge in [0.15, 0.2) is 0 Å². The van der Waals surface area contributed by atoms with Gasteiger partial charge >= 0.3 is 6.03 Å². The van der Waals surface area contributed by atoms with Gasteiger partial charge in [0.25, 0.3) is 0 Å². The molecule has 24 heavy (non-hydrogen) atoms. The molecule has 1 aliphatic carbocycles. The third kappa shape index (κ3) is 5.21.